The Labute approximate surface area is 413 Å². The zero-order valence-electron chi connectivity index (χ0n) is 40.9. The van der Waals surface area contributed by atoms with Crippen LogP contribution in [-0.4, -0.2) is 131 Å². The average molecular weight is 1040 g/mol. The molecule has 19 nitrogen and oxygen atoms in total. The maximum atomic E-state index is 13.8. The van der Waals surface area contributed by atoms with E-state index in [2.05, 4.69) is 37.3 Å². The molecule has 1 heterocycles. The fraction of sp³-hybridized carbons (Fsp3) is 0.735. The van der Waals surface area contributed by atoms with Crippen molar-refractivity contribution >= 4 is 33.4 Å². The lowest BCUT2D eigenvalue weighted by atomic mass is 9.83. The molecule has 2 fully saturated rings. The van der Waals surface area contributed by atoms with Crippen molar-refractivity contribution in [2.75, 3.05) is 13.2 Å². The third kappa shape index (κ3) is 26.8. The molecule has 70 heavy (non-hydrogen) atoms. The second-order valence-electron chi connectivity index (χ2n) is 18.0. The Kier molecular flexibility index (Phi) is 32.1. The van der Waals surface area contributed by atoms with Crippen molar-refractivity contribution < 1.29 is 91.9 Å². The first kappa shape index (κ1) is 63.4. The molecular formula is C49H82O19P2. The normalized spacial score (nSPS) is 30.5. The SMILES string of the molecule is CCCCC/C=C\C/C=C\C/C=C\C/C=C\CCCC(=O)O[C@@H]1COC(=O)CCCCCC[C@H]2C(=O)C[C@@H](O)[C@H](/C=C/[C@@H](O)CCCCC)[C@@H](O)[C@@H](OP(=O)(O)O)[C@@H](OP(=O)(O)OC1)[C@H](O)[C@@H](O)[C@@H]2O. The maximum Gasteiger partial charge on any atom is 0.472 e. The Hall–Kier alpha value is -2.71. The van der Waals surface area contributed by atoms with Gasteiger partial charge in [-0.15, -0.1) is 0 Å². The third-order valence-electron chi connectivity index (χ3n) is 12.0. The minimum absolute atomic E-state index is 0.0759. The van der Waals surface area contributed by atoms with Gasteiger partial charge in [0.05, 0.1) is 31.0 Å². The van der Waals surface area contributed by atoms with Gasteiger partial charge in [-0.1, -0.05) is 126 Å². The number of fused-ring (bicyclic) bond motifs is 4. The molecule has 2 bridgehead atoms. The minimum atomic E-state index is -5.79. The molecule has 0 spiro atoms. The standard InChI is InChI=1S/C49H82O19P2/c1-3-5-7-8-9-10-11-12-13-14-15-16-17-18-19-20-26-30-43(54)66-37-34-64-42(53)29-25-22-21-24-28-38-40(51)33-41(52)39(32-31-36(50)27-23-6-4-2)45(56)48(67-69(59,60)61)49(47(58)46(57)44(38)55)68-70(62,63)65-35-37/h9-10,12-13,15-16,18-19,31-32,36-39,41,44-50,52,55-58H,3-8,11,14,17,20-30,33-35H2,1-2H3,(H,62,63)(H2,59,60,61)/b10-9-,13-12-,16-15-,19-18-,32-31+/t36-,37+,38-,39-,41+,44+,45+,46-,47+,48+,49-/m0/s1. The van der Waals surface area contributed by atoms with Crippen LogP contribution in [0.25, 0.3) is 0 Å². The maximum absolute atomic E-state index is 13.8. The van der Waals surface area contributed by atoms with Crippen LogP contribution in [0.3, 0.4) is 0 Å². The number of Topliss-reactive ketones (excluding diaryl/α,β-unsaturated/α-hetero) is 1. The van der Waals surface area contributed by atoms with Crippen LogP contribution in [0.5, 0.6) is 0 Å². The molecule has 0 amide bonds. The van der Waals surface area contributed by atoms with Gasteiger partial charge in [0.15, 0.2) is 6.10 Å². The van der Waals surface area contributed by atoms with E-state index in [1.165, 1.54) is 25.3 Å². The molecule has 2 rings (SSSR count). The summed E-state index contributed by atoms with van der Waals surface area (Å²) >= 11 is 0. The lowest BCUT2D eigenvalue weighted by Gasteiger charge is -2.38. The molecule has 0 radical (unpaired) electrons. The number of allylic oxidation sites excluding steroid dienone is 8. The minimum Gasteiger partial charge on any atom is -0.462 e. The van der Waals surface area contributed by atoms with Crippen molar-refractivity contribution in [3.05, 3.63) is 60.8 Å². The van der Waals surface area contributed by atoms with Crippen molar-refractivity contribution in [3.8, 4) is 0 Å². The highest BCUT2D eigenvalue weighted by Crippen LogP contribution is 2.49. The van der Waals surface area contributed by atoms with Gasteiger partial charge in [0.25, 0.3) is 0 Å². The highest BCUT2D eigenvalue weighted by atomic mass is 31.2. The molecule has 1 saturated heterocycles. The number of phosphoric ester groups is 2. The molecule has 12 atom stereocenters. The van der Waals surface area contributed by atoms with E-state index >= 15 is 0 Å². The molecule has 21 heteroatoms. The van der Waals surface area contributed by atoms with Gasteiger partial charge < -0.3 is 54.8 Å². The zero-order chi connectivity index (χ0) is 52.0. The average Bonchev–Trinajstić information content (AvgIpc) is 3.30. The number of hydrogen-bond acceptors (Lipinski definition) is 16. The molecule has 2 aliphatic rings. The Morgan fingerprint density at radius 2 is 1.39 bits per heavy atom. The van der Waals surface area contributed by atoms with Gasteiger partial charge in [0.1, 0.15) is 36.8 Å². The van der Waals surface area contributed by atoms with Crippen molar-refractivity contribution in [2.45, 2.75) is 204 Å². The Bertz CT molecular complexity index is 1750. The van der Waals surface area contributed by atoms with Gasteiger partial charge >= 0.3 is 27.6 Å². The summed E-state index contributed by atoms with van der Waals surface area (Å²) in [6.07, 6.45) is 9.84. The second-order valence-corrected chi connectivity index (χ2v) is 20.6. The van der Waals surface area contributed by atoms with E-state index in [0.29, 0.717) is 44.9 Å². The summed E-state index contributed by atoms with van der Waals surface area (Å²) in [5.41, 5.74) is 0. The predicted octanol–water partition coefficient (Wildman–Crippen LogP) is 6.43. The zero-order valence-corrected chi connectivity index (χ0v) is 42.7. The molecule has 1 saturated carbocycles. The number of aliphatic hydroxyl groups is 6. The predicted molar refractivity (Wildman–Crippen MR) is 260 cm³/mol. The van der Waals surface area contributed by atoms with Crippen molar-refractivity contribution in [1.82, 2.24) is 0 Å². The smallest absolute Gasteiger partial charge is 0.462 e. The van der Waals surface area contributed by atoms with Crippen LogP contribution in [0.2, 0.25) is 0 Å². The van der Waals surface area contributed by atoms with Gasteiger partial charge in [-0.3, -0.25) is 28.0 Å². The Morgan fingerprint density at radius 3 is 2.01 bits per heavy atom. The number of hydrogen-bond donors (Lipinski definition) is 9. The molecule has 9 N–H and O–H groups in total. The first-order chi connectivity index (χ1) is 33.3. The largest absolute Gasteiger partial charge is 0.472 e. The number of phosphoric acid groups is 2. The van der Waals surface area contributed by atoms with E-state index in [9.17, 15) is 68.8 Å². The van der Waals surface area contributed by atoms with Gasteiger partial charge in [0.2, 0.25) is 0 Å². The summed E-state index contributed by atoms with van der Waals surface area (Å²) < 4.78 is 52.2. The first-order valence-electron chi connectivity index (χ1n) is 24.9. The number of ketones is 1. The highest BCUT2D eigenvalue weighted by Gasteiger charge is 2.51. The molecule has 402 valence electrons. The van der Waals surface area contributed by atoms with Crippen LogP contribution in [0, 0.1) is 11.8 Å². The molecule has 0 aromatic heterocycles. The van der Waals surface area contributed by atoms with Crippen molar-refractivity contribution in [2.24, 2.45) is 11.8 Å². The monoisotopic (exact) mass is 1040 g/mol. The van der Waals surface area contributed by atoms with Crippen molar-refractivity contribution in [3.63, 3.8) is 0 Å². The molecule has 1 aliphatic heterocycles. The van der Waals surface area contributed by atoms with Crippen LogP contribution in [-0.2, 0) is 46.6 Å². The molecule has 0 aromatic carbocycles. The fourth-order valence-electron chi connectivity index (χ4n) is 7.98. The van der Waals surface area contributed by atoms with E-state index in [1.807, 2.05) is 25.2 Å². The second kappa shape index (κ2) is 35.4. The molecule has 1 unspecified atom stereocenters. The van der Waals surface area contributed by atoms with E-state index in [1.54, 1.807) is 0 Å². The van der Waals surface area contributed by atoms with E-state index < -0.39 is 120 Å². The van der Waals surface area contributed by atoms with Crippen molar-refractivity contribution in [1.29, 1.82) is 0 Å². The van der Waals surface area contributed by atoms with Crippen LogP contribution in [0.1, 0.15) is 149 Å². The number of esters is 2. The Morgan fingerprint density at radius 1 is 0.786 bits per heavy atom. The summed E-state index contributed by atoms with van der Waals surface area (Å²) in [6, 6.07) is 0. The number of ether oxygens (including phenoxy) is 2. The first-order valence-corrected chi connectivity index (χ1v) is 28.0. The molecular weight excluding hydrogens is 954 g/mol. The lowest BCUT2D eigenvalue weighted by Crippen LogP contribution is -2.56. The number of rotatable bonds is 23. The Balaban J connectivity index is 2.34. The van der Waals surface area contributed by atoms with E-state index in [0.717, 1.165) is 38.2 Å². The van der Waals surface area contributed by atoms with Gasteiger partial charge in [-0.05, 0) is 64.2 Å². The van der Waals surface area contributed by atoms with Crippen LogP contribution in [0.4, 0.5) is 0 Å². The van der Waals surface area contributed by atoms with Gasteiger partial charge in [-0.2, -0.15) is 0 Å². The fourth-order valence-corrected chi connectivity index (χ4v) is 9.51. The van der Waals surface area contributed by atoms with Gasteiger partial charge in [0, 0.05) is 31.1 Å². The van der Waals surface area contributed by atoms with Crippen LogP contribution >= 0.6 is 15.6 Å². The number of carbonyl (C=O) groups is 3. The van der Waals surface area contributed by atoms with Crippen LogP contribution in [0.15, 0.2) is 60.8 Å². The van der Waals surface area contributed by atoms with E-state index in [4.69, 9.17) is 23.0 Å². The van der Waals surface area contributed by atoms with E-state index in [-0.39, 0.29) is 32.1 Å². The number of aliphatic hydroxyl groups excluding tert-OH is 6. The van der Waals surface area contributed by atoms with Crippen LogP contribution < -0.4 is 0 Å². The summed E-state index contributed by atoms with van der Waals surface area (Å²) in [5.74, 6) is -5.58. The summed E-state index contributed by atoms with van der Waals surface area (Å²) in [4.78, 5) is 70.5. The molecule has 1 aliphatic carbocycles. The lowest BCUT2D eigenvalue weighted by molar-refractivity contribution is -0.165. The highest BCUT2D eigenvalue weighted by molar-refractivity contribution is 7.47. The topological polar surface area (TPSA) is 314 Å². The quantitative estimate of drug-likeness (QED) is 0.0230. The number of unbranched alkanes of at least 4 members (excludes halogenated alkanes) is 6. The summed E-state index contributed by atoms with van der Waals surface area (Å²) in [7, 11) is -11.5. The number of cyclic esters (lactones) is 1. The van der Waals surface area contributed by atoms with Gasteiger partial charge in [-0.25, -0.2) is 9.13 Å². The summed E-state index contributed by atoms with van der Waals surface area (Å²) in [5, 5.41) is 68.3. The molecule has 0 aromatic rings. The third-order valence-corrected chi connectivity index (χ3v) is 13.5. The summed E-state index contributed by atoms with van der Waals surface area (Å²) in [6.45, 7) is 2.49. The number of carbonyl (C=O) groups excluding carboxylic acids is 3.